The molecule has 0 unspecified atom stereocenters. The second kappa shape index (κ2) is 7.69. The Hall–Kier alpha value is -2.40. The summed E-state index contributed by atoms with van der Waals surface area (Å²) in [5.74, 6) is 0.298. The summed E-state index contributed by atoms with van der Waals surface area (Å²) < 4.78 is 7.02. The number of fused-ring (bicyclic) bond motifs is 1. The third kappa shape index (κ3) is 3.98. The van der Waals surface area contributed by atoms with E-state index in [-0.39, 0.29) is 12.4 Å². The smallest absolute Gasteiger partial charge is 0.196 e. The van der Waals surface area contributed by atoms with Gasteiger partial charge in [0.1, 0.15) is 17.4 Å². The van der Waals surface area contributed by atoms with E-state index in [1.165, 1.54) is 0 Å². The highest BCUT2D eigenvalue weighted by Crippen LogP contribution is 2.28. The molecule has 4 rings (SSSR count). The van der Waals surface area contributed by atoms with Crippen LogP contribution in [0.3, 0.4) is 0 Å². The summed E-state index contributed by atoms with van der Waals surface area (Å²) in [7, 11) is 0. The van der Waals surface area contributed by atoms with Crippen LogP contribution in [-0.4, -0.2) is 10.8 Å². The van der Waals surface area contributed by atoms with Crippen LogP contribution in [0.5, 0.6) is 5.75 Å². The summed E-state index contributed by atoms with van der Waals surface area (Å²) in [6.45, 7) is 0.280. The highest BCUT2D eigenvalue weighted by atomic mass is 35.5. The lowest BCUT2D eigenvalue weighted by atomic mass is 10.0. The van der Waals surface area contributed by atoms with Gasteiger partial charge in [-0.05, 0) is 54.6 Å². The van der Waals surface area contributed by atoms with Crippen LogP contribution in [0.2, 0.25) is 10.0 Å². The minimum Gasteiger partial charge on any atom is -0.486 e. The first-order chi connectivity index (χ1) is 13.1. The normalized spacial score (nSPS) is 10.9. The van der Waals surface area contributed by atoms with Gasteiger partial charge in [0.2, 0.25) is 0 Å². The first-order valence-corrected chi connectivity index (χ1v) is 9.74. The molecule has 0 atom stereocenters. The second-order valence-corrected chi connectivity index (χ2v) is 7.83. The number of halogens is 2. The number of para-hydroxylation sites is 1. The summed E-state index contributed by atoms with van der Waals surface area (Å²) in [6, 6.07) is 19.7. The molecule has 4 aromatic rings. The molecule has 3 aromatic carbocycles. The molecule has 0 N–H and O–H groups in total. The Morgan fingerprint density at radius 1 is 0.963 bits per heavy atom. The van der Waals surface area contributed by atoms with Gasteiger partial charge in [-0.15, -0.1) is 11.3 Å². The zero-order chi connectivity index (χ0) is 18.8. The predicted octanol–water partition coefficient (Wildman–Crippen LogP) is 6.41. The van der Waals surface area contributed by atoms with Gasteiger partial charge >= 0.3 is 0 Å². The summed E-state index contributed by atoms with van der Waals surface area (Å²) in [5, 5.41) is 1.89. The largest absolute Gasteiger partial charge is 0.486 e. The number of rotatable bonds is 5. The molecule has 0 amide bonds. The number of carbonyl (C=O) groups is 1. The molecule has 27 heavy (non-hydrogen) atoms. The number of benzene rings is 3. The highest BCUT2D eigenvalue weighted by Gasteiger charge is 2.16. The SMILES string of the molecule is O=C(c1ccc(Cl)cc1)c1cc(Cl)ccc1OCc1nc2ccccc2s1. The van der Waals surface area contributed by atoms with E-state index in [4.69, 9.17) is 27.9 Å². The maximum absolute atomic E-state index is 12.9. The van der Waals surface area contributed by atoms with E-state index in [1.54, 1.807) is 53.8 Å². The van der Waals surface area contributed by atoms with E-state index >= 15 is 0 Å². The fourth-order valence-corrected chi connectivity index (χ4v) is 3.86. The van der Waals surface area contributed by atoms with Gasteiger partial charge in [0.25, 0.3) is 0 Å². The fraction of sp³-hybridized carbons (Fsp3) is 0.0476. The second-order valence-electron chi connectivity index (χ2n) is 5.84. The summed E-state index contributed by atoms with van der Waals surface area (Å²) in [4.78, 5) is 17.4. The van der Waals surface area contributed by atoms with Crippen molar-refractivity contribution in [3.63, 3.8) is 0 Å². The van der Waals surface area contributed by atoms with Crippen LogP contribution in [0.1, 0.15) is 20.9 Å². The molecule has 0 aliphatic carbocycles. The number of nitrogens with zero attached hydrogens (tertiary/aromatic N) is 1. The molecule has 0 aliphatic heterocycles. The monoisotopic (exact) mass is 413 g/mol. The van der Waals surface area contributed by atoms with Crippen molar-refractivity contribution in [1.82, 2.24) is 4.98 Å². The number of ether oxygens (including phenoxy) is 1. The summed E-state index contributed by atoms with van der Waals surface area (Å²) in [5.41, 5.74) is 1.87. The molecule has 3 nitrogen and oxygen atoms in total. The quantitative estimate of drug-likeness (QED) is 0.354. The first kappa shape index (κ1) is 18.0. The summed E-state index contributed by atoms with van der Waals surface area (Å²) in [6.07, 6.45) is 0. The van der Waals surface area contributed by atoms with Crippen LogP contribution < -0.4 is 4.74 Å². The van der Waals surface area contributed by atoms with Gasteiger partial charge in [-0.2, -0.15) is 0 Å². The molecule has 0 bridgehead atoms. The lowest BCUT2D eigenvalue weighted by molar-refractivity contribution is 0.103. The van der Waals surface area contributed by atoms with E-state index in [9.17, 15) is 4.79 Å². The lowest BCUT2D eigenvalue weighted by Crippen LogP contribution is -2.05. The fourth-order valence-electron chi connectivity index (χ4n) is 2.68. The molecule has 0 saturated carbocycles. The Labute approximate surface area is 170 Å². The van der Waals surface area contributed by atoms with Crippen LogP contribution >= 0.6 is 34.5 Å². The topological polar surface area (TPSA) is 39.2 Å². The van der Waals surface area contributed by atoms with Gasteiger partial charge in [-0.3, -0.25) is 4.79 Å². The molecule has 0 fully saturated rings. The molecule has 1 heterocycles. The lowest BCUT2D eigenvalue weighted by Gasteiger charge is -2.10. The number of hydrogen-bond acceptors (Lipinski definition) is 4. The summed E-state index contributed by atoms with van der Waals surface area (Å²) >= 11 is 13.6. The van der Waals surface area contributed by atoms with Gasteiger partial charge in [0, 0.05) is 15.6 Å². The molecule has 1 aromatic heterocycles. The average Bonchev–Trinajstić information content (AvgIpc) is 3.10. The zero-order valence-corrected chi connectivity index (χ0v) is 16.3. The Bertz CT molecular complexity index is 1090. The van der Waals surface area contributed by atoms with Crippen molar-refractivity contribution in [2.75, 3.05) is 0 Å². The van der Waals surface area contributed by atoms with Crippen LogP contribution in [0.4, 0.5) is 0 Å². The minimum absolute atomic E-state index is 0.173. The molecular weight excluding hydrogens is 401 g/mol. The van der Waals surface area contributed by atoms with Crippen LogP contribution in [0.25, 0.3) is 10.2 Å². The maximum atomic E-state index is 12.9. The Morgan fingerprint density at radius 3 is 2.48 bits per heavy atom. The van der Waals surface area contributed by atoms with E-state index in [2.05, 4.69) is 4.98 Å². The molecule has 0 saturated heterocycles. The van der Waals surface area contributed by atoms with Crippen molar-refractivity contribution in [2.24, 2.45) is 0 Å². The molecule has 0 spiro atoms. The van der Waals surface area contributed by atoms with E-state index in [1.807, 2.05) is 24.3 Å². The molecular formula is C21H13Cl2NO2S. The van der Waals surface area contributed by atoms with E-state index in [0.717, 1.165) is 15.2 Å². The predicted molar refractivity (Wildman–Crippen MR) is 110 cm³/mol. The Kier molecular flexibility index (Phi) is 5.12. The minimum atomic E-state index is -0.173. The maximum Gasteiger partial charge on any atom is 0.196 e. The van der Waals surface area contributed by atoms with Crippen LogP contribution in [0.15, 0.2) is 66.7 Å². The number of carbonyl (C=O) groups excluding carboxylic acids is 1. The van der Waals surface area contributed by atoms with Crippen molar-refractivity contribution in [3.8, 4) is 5.75 Å². The highest BCUT2D eigenvalue weighted by molar-refractivity contribution is 7.18. The van der Waals surface area contributed by atoms with Gasteiger partial charge in [-0.1, -0.05) is 35.3 Å². The number of aromatic nitrogens is 1. The molecule has 0 radical (unpaired) electrons. The Morgan fingerprint density at radius 2 is 1.70 bits per heavy atom. The number of thiazole rings is 1. The average molecular weight is 414 g/mol. The van der Waals surface area contributed by atoms with Crippen LogP contribution in [-0.2, 0) is 6.61 Å². The van der Waals surface area contributed by atoms with Gasteiger partial charge in [0.15, 0.2) is 5.78 Å². The first-order valence-electron chi connectivity index (χ1n) is 8.17. The number of hydrogen-bond donors (Lipinski definition) is 0. The van der Waals surface area contributed by atoms with Gasteiger partial charge in [0.05, 0.1) is 15.8 Å². The molecule has 134 valence electrons. The molecule has 6 heteroatoms. The zero-order valence-electron chi connectivity index (χ0n) is 14.0. The third-order valence-electron chi connectivity index (χ3n) is 3.98. The standard InChI is InChI=1S/C21H13Cl2NO2S/c22-14-7-5-13(6-8-14)21(25)16-11-15(23)9-10-18(16)26-12-20-24-17-3-1-2-4-19(17)27-20/h1-11H,12H2. The van der Waals surface area contributed by atoms with Crippen molar-refractivity contribution >= 4 is 50.5 Å². The van der Waals surface area contributed by atoms with Crippen molar-refractivity contribution in [3.05, 3.63) is 92.9 Å². The molecule has 0 aliphatic rings. The van der Waals surface area contributed by atoms with Gasteiger partial charge in [-0.25, -0.2) is 4.98 Å². The van der Waals surface area contributed by atoms with E-state index < -0.39 is 0 Å². The van der Waals surface area contributed by atoms with E-state index in [0.29, 0.717) is 26.9 Å². The third-order valence-corrected chi connectivity index (χ3v) is 5.48. The van der Waals surface area contributed by atoms with Crippen molar-refractivity contribution in [2.45, 2.75) is 6.61 Å². The van der Waals surface area contributed by atoms with Crippen molar-refractivity contribution in [1.29, 1.82) is 0 Å². The van der Waals surface area contributed by atoms with Crippen molar-refractivity contribution < 1.29 is 9.53 Å². The Balaban J connectivity index is 1.60. The number of ketones is 1. The van der Waals surface area contributed by atoms with Crippen LogP contribution in [0, 0.1) is 0 Å². The van der Waals surface area contributed by atoms with Gasteiger partial charge < -0.3 is 4.74 Å².